The molecule has 132 valence electrons. The standard InChI is InChI=1S/C13H18F3N3O2S.ClH/c14-13(15,16)12-6-5-10(8-18-12)22(20,21)19-11-4-2-1-3-9(11)7-17;/h5-6,8-9,11,19H,1-4,7,17H2;1H. The smallest absolute Gasteiger partial charge is 0.330 e. The second-order valence-corrected chi connectivity index (χ2v) is 7.10. The Morgan fingerprint density at radius 3 is 2.43 bits per heavy atom. The number of alkyl halides is 3. The van der Waals surface area contributed by atoms with E-state index in [1.54, 1.807) is 0 Å². The fourth-order valence-corrected chi connectivity index (χ4v) is 3.90. The Morgan fingerprint density at radius 1 is 1.26 bits per heavy atom. The zero-order valence-electron chi connectivity index (χ0n) is 12.2. The molecule has 1 saturated carbocycles. The van der Waals surface area contributed by atoms with E-state index >= 15 is 0 Å². The molecule has 1 aliphatic carbocycles. The molecule has 3 N–H and O–H groups in total. The first-order valence-corrected chi connectivity index (χ1v) is 8.48. The molecule has 5 nitrogen and oxygen atoms in total. The van der Waals surface area contributed by atoms with Crippen molar-refractivity contribution in [2.45, 2.75) is 42.8 Å². The van der Waals surface area contributed by atoms with Gasteiger partial charge in [-0.15, -0.1) is 12.4 Å². The van der Waals surface area contributed by atoms with Crippen molar-refractivity contribution in [2.24, 2.45) is 11.7 Å². The van der Waals surface area contributed by atoms with Crippen molar-refractivity contribution < 1.29 is 21.6 Å². The van der Waals surface area contributed by atoms with Crippen molar-refractivity contribution in [1.29, 1.82) is 0 Å². The monoisotopic (exact) mass is 373 g/mol. The molecule has 2 atom stereocenters. The number of sulfonamides is 1. The largest absolute Gasteiger partial charge is 0.433 e. The molecule has 0 radical (unpaired) electrons. The van der Waals surface area contributed by atoms with E-state index in [-0.39, 0.29) is 29.3 Å². The van der Waals surface area contributed by atoms with Crippen molar-refractivity contribution in [2.75, 3.05) is 6.54 Å². The van der Waals surface area contributed by atoms with Crippen LogP contribution in [0.2, 0.25) is 0 Å². The number of hydrogen-bond acceptors (Lipinski definition) is 4. The summed E-state index contributed by atoms with van der Waals surface area (Å²) in [5.41, 5.74) is 4.53. The molecule has 2 unspecified atom stereocenters. The highest BCUT2D eigenvalue weighted by molar-refractivity contribution is 7.89. The molecule has 1 fully saturated rings. The topological polar surface area (TPSA) is 85.1 Å². The van der Waals surface area contributed by atoms with Crippen LogP contribution in [-0.4, -0.2) is 26.0 Å². The first-order valence-electron chi connectivity index (χ1n) is 6.99. The summed E-state index contributed by atoms with van der Waals surface area (Å²) < 4.78 is 64.4. The third kappa shape index (κ3) is 5.03. The van der Waals surface area contributed by atoms with Crippen LogP contribution in [0, 0.1) is 5.92 Å². The van der Waals surface area contributed by atoms with Crippen molar-refractivity contribution in [1.82, 2.24) is 9.71 Å². The van der Waals surface area contributed by atoms with Crippen molar-refractivity contribution in [3.05, 3.63) is 24.0 Å². The van der Waals surface area contributed by atoms with Gasteiger partial charge in [0.25, 0.3) is 0 Å². The molecule has 0 aliphatic heterocycles. The number of halogens is 4. The highest BCUT2D eigenvalue weighted by Crippen LogP contribution is 2.28. The van der Waals surface area contributed by atoms with E-state index in [1.807, 2.05) is 0 Å². The van der Waals surface area contributed by atoms with Gasteiger partial charge in [-0.05, 0) is 37.4 Å². The first kappa shape index (κ1) is 20.1. The van der Waals surface area contributed by atoms with Crippen LogP contribution in [0.5, 0.6) is 0 Å². The Hall–Kier alpha value is -0.900. The molecule has 0 bridgehead atoms. The summed E-state index contributed by atoms with van der Waals surface area (Å²) in [4.78, 5) is 2.90. The van der Waals surface area contributed by atoms with Gasteiger partial charge in [0.05, 0.1) is 0 Å². The summed E-state index contributed by atoms with van der Waals surface area (Å²) in [7, 11) is -3.90. The maximum Gasteiger partial charge on any atom is 0.433 e. The molecule has 10 heteroatoms. The molecular formula is C13H19ClF3N3O2S. The first-order chi connectivity index (χ1) is 10.2. The number of nitrogens with zero attached hydrogens (tertiary/aromatic N) is 1. The second kappa shape index (κ2) is 7.78. The quantitative estimate of drug-likeness (QED) is 0.848. The maximum absolute atomic E-state index is 12.4. The van der Waals surface area contributed by atoms with Crippen LogP contribution in [0.25, 0.3) is 0 Å². The SMILES string of the molecule is Cl.NCC1CCCCC1NS(=O)(=O)c1ccc(C(F)(F)F)nc1. The molecule has 0 aromatic carbocycles. The van der Waals surface area contributed by atoms with Crippen LogP contribution in [0.1, 0.15) is 31.4 Å². The lowest BCUT2D eigenvalue weighted by molar-refractivity contribution is -0.141. The third-order valence-corrected chi connectivity index (χ3v) is 5.33. The number of rotatable bonds is 4. The number of nitrogens with two attached hydrogens (primary N) is 1. The predicted octanol–water partition coefficient (Wildman–Crippen LogP) is 2.32. The van der Waals surface area contributed by atoms with Crippen LogP contribution < -0.4 is 10.5 Å². The van der Waals surface area contributed by atoms with E-state index in [1.165, 1.54) is 0 Å². The molecule has 0 saturated heterocycles. The summed E-state index contributed by atoms with van der Waals surface area (Å²) in [6, 6.07) is 1.29. The van der Waals surface area contributed by atoms with Gasteiger partial charge in [-0.1, -0.05) is 12.8 Å². The lowest BCUT2D eigenvalue weighted by Gasteiger charge is -2.31. The predicted molar refractivity (Wildman–Crippen MR) is 81.6 cm³/mol. The summed E-state index contributed by atoms with van der Waals surface area (Å²) in [6.07, 6.45) is -0.448. The number of pyridine rings is 1. The molecule has 1 heterocycles. The van der Waals surface area contributed by atoms with E-state index in [9.17, 15) is 21.6 Å². The van der Waals surface area contributed by atoms with Crippen molar-refractivity contribution in [3.8, 4) is 0 Å². The third-order valence-electron chi connectivity index (χ3n) is 3.86. The fourth-order valence-electron chi connectivity index (χ4n) is 2.62. The number of aromatic nitrogens is 1. The lowest BCUT2D eigenvalue weighted by atomic mass is 9.85. The Morgan fingerprint density at radius 2 is 1.91 bits per heavy atom. The summed E-state index contributed by atoms with van der Waals surface area (Å²) >= 11 is 0. The Bertz CT molecular complexity index is 608. The molecule has 1 aromatic heterocycles. The van der Waals surface area contributed by atoms with Crippen LogP contribution in [0.4, 0.5) is 13.2 Å². The van der Waals surface area contributed by atoms with Gasteiger partial charge < -0.3 is 5.73 Å². The van der Waals surface area contributed by atoms with Gasteiger partial charge in [-0.2, -0.15) is 13.2 Å². The molecule has 1 aromatic rings. The Kier molecular flexibility index (Phi) is 6.81. The van der Waals surface area contributed by atoms with Crippen LogP contribution in [-0.2, 0) is 16.2 Å². The van der Waals surface area contributed by atoms with Gasteiger partial charge in [0.1, 0.15) is 10.6 Å². The van der Waals surface area contributed by atoms with E-state index in [4.69, 9.17) is 5.73 Å². The van der Waals surface area contributed by atoms with Crippen molar-refractivity contribution in [3.63, 3.8) is 0 Å². The van der Waals surface area contributed by atoms with Gasteiger partial charge in [0.2, 0.25) is 10.0 Å². The zero-order chi connectivity index (χ0) is 16.4. The lowest BCUT2D eigenvalue weighted by Crippen LogP contribution is -2.44. The van der Waals surface area contributed by atoms with Crippen molar-refractivity contribution >= 4 is 22.4 Å². The van der Waals surface area contributed by atoms with Gasteiger partial charge in [0.15, 0.2) is 0 Å². The van der Waals surface area contributed by atoms with Gasteiger partial charge >= 0.3 is 6.18 Å². The van der Waals surface area contributed by atoms with Crippen LogP contribution in [0.3, 0.4) is 0 Å². The molecule has 23 heavy (non-hydrogen) atoms. The molecular weight excluding hydrogens is 355 g/mol. The number of hydrogen-bond donors (Lipinski definition) is 2. The summed E-state index contributed by atoms with van der Waals surface area (Å²) in [5, 5.41) is 0. The Labute approximate surface area is 139 Å². The van der Waals surface area contributed by atoms with E-state index < -0.39 is 21.9 Å². The highest BCUT2D eigenvalue weighted by Gasteiger charge is 2.33. The maximum atomic E-state index is 12.4. The van der Waals surface area contributed by atoms with E-state index in [0.717, 1.165) is 31.5 Å². The van der Waals surface area contributed by atoms with Crippen LogP contribution in [0.15, 0.2) is 23.2 Å². The van der Waals surface area contributed by atoms with E-state index in [0.29, 0.717) is 19.0 Å². The Balaban J connectivity index is 0.00000264. The zero-order valence-corrected chi connectivity index (χ0v) is 13.8. The number of nitrogens with one attached hydrogen (secondary N) is 1. The minimum absolute atomic E-state index is 0. The van der Waals surface area contributed by atoms with E-state index in [2.05, 4.69) is 9.71 Å². The molecule has 0 amide bonds. The van der Waals surface area contributed by atoms with Gasteiger partial charge in [0, 0.05) is 12.2 Å². The molecule has 0 spiro atoms. The summed E-state index contributed by atoms with van der Waals surface area (Å²) in [5.74, 6) is 0.0472. The minimum atomic E-state index is -4.59. The fraction of sp³-hybridized carbons (Fsp3) is 0.615. The minimum Gasteiger partial charge on any atom is -0.330 e. The summed E-state index contributed by atoms with van der Waals surface area (Å²) in [6.45, 7) is 0.373. The highest BCUT2D eigenvalue weighted by atomic mass is 35.5. The average Bonchev–Trinajstić information content (AvgIpc) is 2.47. The van der Waals surface area contributed by atoms with Crippen LogP contribution >= 0.6 is 12.4 Å². The molecule has 2 rings (SSSR count). The van der Waals surface area contributed by atoms with Gasteiger partial charge in [-0.25, -0.2) is 13.1 Å². The second-order valence-electron chi connectivity index (χ2n) is 5.38. The molecule has 1 aliphatic rings. The average molecular weight is 374 g/mol. The van der Waals surface area contributed by atoms with Gasteiger partial charge in [-0.3, -0.25) is 4.98 Å². The normalized spacial score (nSPS) is 22.4.